The minimum absolute atomic E-state index is 0.111. The van der Waals surface area contributed by atoms with Gasteiger partial charge in [-0.15, -0.1) is 0 Å². The van der Waals surface area contributed by atoms with Crippen LogP contribution in [0.15, 0.2) is 48.5 Å². The summed E-state index contributed by atoms with van der Waals surface area (Å²) < 4.78 is 0. The third-order valence-electron chi connectivity index (χ3n) is 6.08. The number of carboxylic acids is 4. The highest BCUT2D eigenvalue weighted by Gasteiger charge is 2.43. The Bertz CT molecular complexity index is 1340. The molecule has 0 spiro atoms. The number of hydrogen-bond donors (Lipinski definition) is 6. The van der Waals surface area contributed by atoms with E-state index in [0.29, 0.717) is 0 Å². The van der Waals surface area contributed by atoms with Crippen molar-refractivity contribution < 1.29 is 59.4 Å². The van der Waals surface area contributed by atoms with E-state index in [2.05, 4.69) is 0 Å². The first kappa shape index (κ1) is 27.9. The van der Waals surface area contributed by atoms with Gasteiger partial charge in [-0.05, 0) is 21.5 Å². The van der Waals surface area contributed by atoms with Gasteiger partial charge in [0.05, 0.1) is 25.7 Å². The molecule has 12 nitrogen and oxygen atoms in total. The minimum atomic E-state index is -2.92. The van der Waals surface area contributed by atoms with Crippen LogP contribution in [0, 0.1) is 0 Å². The Balaban J connectivity index is 2.26. The van der Waals surface area contributed by atoms with E-state index in [4.69, 9.17) is 10.2 Å². The number of ketones is 2. The number of aliphatic hydroxyl groups is 2. The average molecular weight is 526 g/mol. The van der Waals surface area contributed by atoms with Crippen molar-refractivity contribution in [1.29, 1.82) is 0 Å². The van der Waals surface area contributed by atoms with Crippen LogP contribution >= 0.6 is 0 Å². The normalized spacial score (nSPS) is 14.4. The summed E-state index contributed by atoms with van der Waals surface area (Å²) in [7, 11) is 0. The minimum Gasteiger partial charge on any atom is -0.481 e. The van der Waals surface area contributed by atoms with Crippen molar-refractivity contribution in [3.05, 3.63) is 59.7 Å². The number of fused-ring (bicyclic) bond motifs is 2. The van der Waals surface area contributed by atoms with Gasteiger partial charge in [0.25, 0.3) is 0 Å². The van der Waals surface area contributed by atoms with Crippen molar-refractivity contribution in [3.63, 3.8) is 0 Å². The SMILES string of the molecule is O=C(O)CC(O)(CC(=O)c1c2ccccc2c(C(=O)CC(O)(CC(=O)O)C(=O)O)c2ccccc12)C(=O)O. The second-order valence-electron chi connectivity index (χ2n) is 8.86. The van der Waals surface area contributed by atoms with Crippen LogP contribution in [0.2, 0.25) is 0 Å². The Labute approximate surface area is 213 Å². The number of hydrogen-bond acceptors (Lipinski definition) is 8. The summed E-state index contributed by atoms with van der Waals surface area (Å²) in [6.45, 7) is 0. The monoisotopic (exact) mass is 526 g/mol. The van der Waals surface area contributed by atoms with Crippen LogP contribution in [-0.4, -0.2) is 77.3 Å². The van der Waals surface area contributed by atoms with E-state index in [9.17, 15) is 49.2 Å². The highest BCUT2D eigenvalue weighted by molar-refractivity contribution is 6.27. The number of carbonyl (C=O) groups excluding carboxylic acids is 2. The molecule has 38 heavy (non-hydrogen) atoms. The van der Waals surface area contributed by atoms with E-state index in [1.807, 2.05) is 0 Å². The number of rotatable bonds is 12. The lowest BCUT2D eigenvalue weighted by Gasteiger charge is -2.23. The topological polar surface area (TPSA) is 224 Å². The maximum Gasteiger partial charge on any atom is 0.336 e. The molecule has 198 valence electrons. The Morgan fingerprint density at radius 1 is 0.500 bits per heavy atom. The summed E-state index contributed by atoms with van der Waals surface area (Å²) in [5.74, 6) is -9.00. The van der Waals surface area contributed by atoms with Crippen molar-refractivity contribution in [3.8, 4) is 0 Å². The summed E-state index contributed by atoms with van der Waals surface area (Å²) in [5.41, 5.74) is -6.07. The molecule has 0 amide bonds. The molecule has 3 aromatic rings. The van der Waals surface area contributed by atoms with Crippen LogP contribution in [0.4, 0.5) is 0 Å². The van der Waals surface area contributed by atoms with Crippen molar-refractivity contribution in [2.75, 3.05) is 0 Å². The smallest absolute Gasteiger partial charge is 0.336 e. The zero-order valence-electron chi connectivity index (χ0n) is 19.6. The van der Waals surface area contributed by atoms with Gasteiger partial charge in [-0.25, -0.2) is 9.59 Å². The maximum atomic E-state index is 13.4. The van der Waals surface area contributed by atoms with Gasteiger partial charge in [-0.3, -0.25) is 19.2 Å². The predicted octanol–water partition coefficient (Wildman–Crippen LogP) is 1.72. The summed E-state index contributed by atoms with van der Waals surface area (Å²) in [6, 6.07) is 11.7. The van der Waals surface area contributed by atoms with Crippen LogP contribution in [-0.2, 0) is 19.2 Å². The maximum absolute atomic E-state index is 13.4. The fourth-order valence-corrected chi connectivity index (χ4v) is 4.37. The molecule has 2 atom stereocenters. The zero-order chi connectivity index (χ0) is 28.4. The van der Waals surface area contributed by atoms with Crippen LogP contribution in [0.5, 0.6) is 0 Å². The average Bonchev–Trinajstić information content (AvgIpc) is 2.80. The lowest BCUT2D eigenvalue weighted by molar-refractivity contribution is -0.164. The third-order valence-corrected chi connectivity index (χ3v) is 6.08. The van der Waals surface area contributed by atoms with E-state index < -0.39 is 72.3 Å². The molecule has 2 unspecified atom stereocenters. The van der Waals surface area contributed by atoms with Gasteiger partial charge in [-0.2, -0.15) is 0 Å². The highest BCUT2D eigenvalue weighted by Crippen LogP contribution is 2.36. The van der Waals surface area contributed by atoms with Crippen LogP contribution < -0.4 is 0 Å². The van der Waals surface area contributed by atoms with E-state index in [-0.39, 0.29) is 32.7 Å². The quantitative estimate of drug-likeness (QED) is 0.147. The first-order valence-corrected chi connectivity index (χ1v) is 11.0. The van der Waals surface area contributed by atoms with Gasteiger partial charge < -0.3 is 30.6 Å². The number of carboxylic acid groups (broad SMARTS) is 4. The predicted molar refractivity (Wildman–Crippen MR) is 129 cm³/mol. The number of Topliss-reactive ketones (excluding diaryl/α,β-unsaturated/α-hetero) is 2. The largest absolute Gasteiger partial charge is 0.481 e. The zero-order valence-corrected chi connectivity index (χ0v) is 19.6. The fraction of sp³-hybridized carbons (Fsp3) is 0.231. The molecule has 0 aliphatic heterocycles. The van der Waals surface area contributed by atoms with Crippen molar-refractivity contribution in [2.45, 2.75) is 36.9 Å². The first-order chi connectivity index (χ1) is 17.7. The fourth-order valence-electron chi connectivity index (χ4n) is 4.37. The molecule has 0 saturated heterocycles. The molecule has 0 aliphatic carbocycles. The molecule has 0 bridgehead atoms. The van der Waals surface area contributed by atoms with Gasteiger partial charge in [-0.1, -0.05) is 48.5 Å². The van der Waals surface area contributed by atoms with Gasteiger partial charge in [0.2, 0.25) is 0 Å². The lowest BCUT2D eigenvalue weighted by atomic mass is 9.82. The third kappa shape index (κ3) is 5.36. The number of aliphatic carboxylic acids is 4. The van der Waals surface area contributed by atoms with Crippen LogP contribution in [0.1, 0.15) is 46.4 Å². The summed E-state index contributed by atoms with van der Waals surface area (Å²) >= 11 is 0. The highest BCUT2D eigenvalue weighted by atomic mass is 16.4. The molecule has 0 heterocycles. The molecule has 6 N–H and O–H groups in total. The van der Waals surface area contributed by atoms with Crippen LogP contribution in [0.3, 0.4) is 0 Å². The summed E-state index contributed by atoms with van der Waals surface area (Å²) in [6.07, 6.45) is -4.71. The van der Waals surface area contributed by atoms with Gasteiger partial charge in [0, 0.05) is 11.1 Å². The van der Waals surface area contributed by atoms with E-state index in [1.165, 1.54) is 48.5 Å². The molecule has 12 heteroatoms. The Morgan fingerprint density at radius 2 is 0.763 bits per heavy atom. The summed E-state index contributed by atoms with van der Waals surface area (Å²) in [5, 5.41) is 58.2. The summed E-state index contributed by atoms with van der Waals surface area (Å²) in [4.78, 5) is 72.4. The number of benzene rings is 3. The Hall–Kier alpha value is -4.68. The molecule has 3 rings (SSSR count). The van der Waals surface area contributed by atoms with Crippen molar-refractivity contribution >= 4 is 57.0 Å². The molecular weight excluding hydrogens is 504 g/mol. The van der Waals surface area contributed by atoms with Crippen LogP contribution in [0.25, 0.3) is 21.5 Å². The molecule has 0 radical (unpaired) electrons. The molecule has 0 aromatic heterocycles. The van der Waals surface area contributed by atoms with Gasteiger partial charge >= 0.3 is 23.9 Å². The molecule has 0 fully saturated rings. The molecule has 0 saturated carbocycles. The van der Waals surface area contributed by atoms with E-state index >= 15 is 0 Å². The van der Waals surface area contributed by atoms with E-state index in [0.717, 1.165) is 0 Å². The molecular formula is C26H22O12. The Kier molecular flexibility index (Phi) is 7.61. The lowest BCUT2D eigenvalue weighted by Crippen LogP contribution is -2.43. The van der Waals surface area contributed by atoms with Crippen molar-refractivity contribution in [2.24, 2.45) is 0 Å². The standard InChI is InChI=1S/C26H22O12/c27-17(9-25(37,23(33)34)11-19(29)30)21-13-5-1-2-6-14(13)22(16-8-4-3-7-15(16)21)18(28)10-26(38,24(35)36)12-20(31)32/h1-8,37-38H,9-12H2,(H,29,30)(H,31,32)(H,33,34)(H,35,36). The molecule has 3 aromatic carbocycles. The van der Waals surface area contributed by atoms with Crippen molar-refractivity contribution in [1.82, 2.24) is 0 Å². The Morgan fingerprint density at radius 3 is 0.974 bits per heavy atom. The van der Waals surface area contributed by atoms with Gasteiger partial charge in [0.15, 0.2) is 22.8 Å². The molecule has 0 aliphatic rings. The van der Waals surface area contributed by atoms with E-state index in [1.54, 1.807) is 0 Å². The first-order valence-electron chi connectivity index (χ1n) is 11.0. The van der Waals surface area contributed by atoms with Gasteiger partial charge in [0.1, 0.15) is 0 Å². The second kappa shape index (κ2) is 10.4. The number of carbonyl (C=O) groups is 6. The second-order valence-corrected chi connectivity index (χ2v) is 8.86.